The van der Waals surface area contributed by atoms with Crippen LogP contribution in [0.5, 0.6) is 5.75 Å². The molecule has 0 saturated heterocycles. The van der Waals surface area contributed by atoms with E-state index in [9.17, 15) is 5.11 Å². The summed E-state index contributed by atoms with van der Waals surface area (Å²) in [6.45, 7) is 4.30. The fraction of sp³-hybridized carbons (Fsp3) is 0.625. The fourth-order valence-electron chi connectivity index (χ4n) is 3.61. The average Bonchev–Trinajstić information content (AvgIpc) is 2.44. The molecule has 1 aromatic rings. The molecule has 2 heteroatoms. The van der Waals surface area contributed by atoms with E-state index in [1.807, 2.05) is 13.0 Å². The largest absolute Gasteiger partial charge is 0.508 e. The van der Waals surface area contributed by atoms with Crippen LogP contribution in [0.2, 0.25) is 0 Å². The maximum atomic E-state index is 9.78. The molecule has 18 heavy (non-hydrogen) atoms. The first-order valence-corrected chi connectivity index (χ1v) is 7.30. The molecular weight excluding hydrogens is 222 g/mol. The van der Waals surface area contributed by atoms with E-state index in [0.717, 1.165) is 24.6 Å². The van der Waals surface area contributed by atoms with Gasteiger partial charge in [-0.25, -0.2) is 0 Å². The molecule has 98 valence electrons. The van der Waals surface area contributed by atoms with E-state index >= 15 is 0 Å². The second-order valence-corrected chi connectivity index (χ2v) is 5.86. The Morgan fingerprint density at radius 3 is 2.72 bits per heavy atom. The summed E-state index contributed by atoms with van der Waals surface area (Å²) in [7, 11) is 0. The Hall–Kier alpha value is -1.02. The van der Waals surface area contributed by atoms with Crippen LogP contribution in [0.25, 0.3) is 0 Å². The predicted molar refractivity (Wildman–Crippen MR) is 73.8 cm³/mol. The van der Waals surface area contributed by atoms with Crippen molar-refractivity contribution in [1.29, 1.82) is 0 Å². The Morgan fingerprint density at radius 2 is 1.94 bits per heavy atom. The normalized spacial score (nSPS) is 21.8. The van der Waals surface area contributed by atoms with Crippen molar-refractivity contribution in [2.45, 2.75) is 58.0 Å². The van der Waals surface area contributed by atoms with E-state index in [1.165, 1.54) is 49.8 Å². The summed E-state index contributed by atoms with van der Waals surface area (Å²) in [5.74, 6) is 0.458. The number of hydrogen-bond acceptors (Lipinski definition) is 2. The number of fused-ring (bicyclic) bond motifs is 1. The summed E-state index contributed by atoms with van der Waals surface area (Å²) < 4.78 is 0. The van der Waals surface area contributed by atoms with Gasteiger partial charge in [0.15, 0.2) is 0 Å². The van der Waals surface area contributed by atoms with Crippen molar-refractivity contribution in [3.63, 3.8) is 0 Å². The van der Waals surface area contributed by atoms with E-state index in [0.29, 0.717) is 5.75 Å². The highest BCUT2D eigenvalue weighted by molar-refractivity contribution is 5.44. The molecule has 1 heterocycles. The highest BCUT2D eigenvalue weighted by Gasteiger charge is 2.25. The van der Waals surface area contributed by atoms with E-state index in [1.54, 1.807) is 0 Å². The Kier molecular flexibility index (Phi) is 3.29. The molecule has 1 aromatic carbocycles. The van der Waals surface area contributed by atoms with E-state index in [-0.39, 0.29) is 0 Å². The van der Waals surface area contributed by atoms with Crippen molar-refractivity contribution >= 4 is 0 Å². The third-order valence-corrected chi connectivity index (χ3v) is 4.78. The van der Waals surface area contributed by atoms with Crippen LogP contribution < -0.4 is 0 Å². The van der Waals surface area contributed by atoms with Crippen molar-refractivity contribution in [2.24, 2.45) is 0 Å². The molecule has 2 aliphatic rings. The van der Waals surface area contributed by atoms with Gasteiger partial charge in [0.1, 0.15) is 5.75 Å². The van der Waals surface area contributed by atoms with Crippen molar-refractivity contribution < 1.29 is 5.11 Å². The summed E-state index contributed by atoms with van der Waals surface area (Å²) in [5, 5.41) is 9.78. The zero-order chi connectivity index (χ0) is 12.5. The minimum atomic E-state index is 0.458. The number of hydrogen-bond donors (Lipinski definition) is 1. The minimum absolute atomic E-state index is 0.458. The van der Waals surface area contributed by atoms with Gasteiger partial charge >= 0.3 is 0 Å². The molecule has 0 unspecified atom stereocenters. The number of phenolic OH excluding ortho intramolecular Hbond substituents is 1. The minimum Gasteiger partial charge on any atom is -0.508 e. The summed E-state index contributed by atoms with van der Waals surface area (Å²) in [5.41, 5.74) is 3.92. The van der Waals surface area contributed by atoms with Crippen LogP contribution in [0.4, 0.5) is 0 Å². The predicted octanol–water partition coefficient (Wildman–Crippen LogP) is 3.39. The molecule has 1 aliphatic heterocycles. The Labute approximate surface area is 110 Å². The highest BCUT2D eigenvalue weighted by Crippen LogP contribution is 2.31. The molecule has 1 fully saturated rings. The maximum absolute atomic E-state index is 9.78. The van der Waals surface area contributed by atoms with Gasteiger partial charge in [-0.2, -0.15) is 0 Å². The van der Waals surface area contributed by atoms with Crippen LogP contribution in [0.15, 0.2) is 12.1 Å². The van der Waals surface area contributed by atoms with Crippen molar-refractivity contribution in [3.05, 3.63) is 28.8 Å². The molecule has 1 N–H and O–H groups in total. The molecule has 0 spiro atoms. The van der Waals surface area contributed by atoms with Gasteiger partial charge < -0.3 is 5.11 Å². The Bertz CT molecular complexity index is 435. The maximum Gasteiger partial charge on any atom is 0.118 e. The third kappa shape index (κ3) is 2.14. The number of nitrogens with zero attached hydrogens (tertiary/aromatic N) is 1. The van der Waals surface area contributed by atoms with Gasteiger partial charge in [0.05, 0.1) is 0 Å². The zero-order valence-electron chi connectivity index (χ0n) is 11.3. The lowest BCUT2D eigenvalue weighted by Crippen LogP contribution is -2.40. The molecule has 0 amide bonds. The Balaban J connectivity index is 1.78. The van der Waals surface area contributed by atoms with Gasteiger partial charge in [0, 0.05) is 19.1 Å². The molecule has 0 radical (unpaired) electrons. The lowest BCUT2D eigenvalue weighted by Gasteiger charge is -2.38. The molecule has 3 rings (SSSR count). The van der Waals surface area contributed by atoms with Crippen molar-refractivity contribution in [1.82, 2.24) is 4.90 Å². The number of aromatic hydroxyl groups is 1. The smallest absolute Gasteiger partial charge is 0.118 e. The van der Waals surface area contributed by atoms with Crippen molar-refractivity contribution in [3.8, 4) is 5.75 Å². The van der Waals surface area contributed by atoms with Gasteiger partial charge in [-0.1, -0.05) is 25.3 Å². The first kappa shape index (κ1) is 12.0. The van der Waals surface area contributed by atoms with Gasteiger partial charge in [0.25, 0.3) is 0 Å². The first-order valence-electron chi connectivity index (χ1n) is 7.30. The number of benzene rings is 1. The highest BCUT2D eigenvalue weighted by atomic mass is 16.3. The third-order valence-electron chi connectivity index (χ3n) is 4.78. The number of rotatable bonds is 1. The van der Waals surface area contributed by atoms with Gasteiger partial charge in [-0.15, -0.1) is 0 Å². The van der Waals surface area contributed by atoms with Crippen LogP contribution in [-0.4, -0.2) is 22.6 Å². The Morgan fingerprint density at radius 1 is 1.17 bits per heavy atom. The summed E-state index contributed by atoms with van der Waals surface area (Å²) in [6, 6.07) is 4.78. The van der Waals surface area contributed by atoms with Gasteiger partial charge in [-0.05, 0) is 48.9 Å². The summed E-state index contributed by atoms with van der Waals surface area (Å²) in [6.07, 6.45) is 8.10. The van der Waals surface area contributed by atoms with Crippen LogP contribution in [0.1, 0.15) is 48.8 Å². The van der Waals surface area contributed by atoms with Gasteiger partial charge in [-0.3, -0.25) is 4.90 Å². The summed E-state index contributed by atoms with van der Waals surface area (Å²) >= 11 is 0. The van der Waals surface area contributed by atoms with E-state index in [4.69, 9.17) is 0 Å². The molecule has 2 nitrogen and oxygen atoms in total. The van der Waals surface area contributed by atoms with Crippen LogP contribution in [0.3, 0.4) is 0 Å². The van der Waals surface area contributed by atoms with Crippen LogP contribution in [-0.2, 0) is 13.0 Å². The van der Waals surface area contributed by atoms with Crippen LogP contribution in [0, 0.1) is 6.92 Å². The monoisotopic (exact) mass is 245 g/mol. The topological polar surface area (TPSA) is 23.5 Å². The van der Waals surface area contributed by atoms with Crippen molar-refractivity contribution in [2.75, 3.05) is 6.54 Å². The summed E-state index contributed by atoms with van der Waals surface area (Å²) in [4.78, 5) is 2.66. The second-order valence-electron chi connectivity index (χ2n) is 5.86. The van der Waals surface area contributed by atoms with E-state index in [2.05, 4.69) is 11.0 Å². The molecule has 0 bridgehead atoms. The van der Waals surface area contributed by atoms with E-state index < -0.39 is 0 Å². The molecule has 1 aliphatic carbocycles. The molecule has 1 saturated carbocycles. The lowest BCUT2D eigenvalue weighted by atomic mass is 9.89. The molecule has 0 aromatic heterocycles. The second kappa shape index (κ2) is 4.93. The SMILES string of the molecule is Cc1c(O)ccc2c1CCN(C1CCCCC1)C2. The van der Waals surface area contributed by atoms with Gasteiger partial charge in [0.2, 0.25) is 0 Å². The first-order chi connectivity index (χ1) is 8.75. The lowest BCUT2D eigenvalue weighted by molar-refractivity contribution is 0.141. The average molecular weight is 245 g/mol. The fourth-order valence-corrected chi connectivity index (χ4v) is 3.61. The van der Waals surface area contributed by atoms with Crippen LogP contribution >= 0.6 is 0 Å². The standard InChI is InChI=1S/C16H23NO/c1-12-15-9-10-17(14-5-3-2-4-6-14)11-13(15)7-8-16(12)18/h7-8,14,18H,2-6,9-11H2,1H3. The number of phenols is 1. The molecule has 0 atom stereocenters. The zero-order valence-corrected chi connectivity index (χ0v) is 11.3. The molecular formula is C16H23NO. The quantitative estimate of drug-likeness (QED) is 0.819.